The molecule has 0 aromatic rings. The van der Waals surface area contributed by atoms with Gasteiger partial charge in [0.25, 0.3) is 0 Å². The maximum atomic E-state index is 8.95. The average Bonchev–Trinajstić information content (AvgIpc) is 2.98. The normalized spacial score (nSPS) is 26.4. The van der Waals surface area contributed by atoms with Gasteiger partial charge in [-0.15, -0.1) is 0 Å². The van der Waals surface area contributed by atoms with Crippen LogP contribution in [0.15, 0.2) is 0 Å². The Balaban J connectivity index is 1.65. The highest BCUT2D eigenvalue weighted by molar-refractivity contribution is 4.95. The summed E-state index contributed by atoms with van der Waals surface area (Å²) in [7, 11) is 0. The molecule has 0 spiro atoms. The van der Waals surface area contributed by atoms with Crippen LogP contribution in [0, 0.1) is 5.41 Å². The molecule has 2 heteroatoms. The summed E-state index contributed by atoms with van der Waals surface area (Å²) in [4.78, 5) is 0. The van der Waals surface area contributed by atoms with Gasteiger partial charge in [0.2, 0.25) is 0 Å². The molecule has 0 unspecified atom stereocenters. The van der Waals surface area contributed by atoms with Crippen LogP contribution in [-0.4, -0.2) is 24.3 Å². The Labute approximate surface area is 87.1 Å². The highest BCUT2D eigenvalue weighted by atomic mass is 16.3. The number of aliphatic hydroxyl groups is 1. The van der Waals surface area contributed by atoms with Gasteiger partial charge in [-0.2, -0.15) is 0 Å². The van der Waals surface area contributed by atoms with Crippen molar-refractivity contribution in [2.45, 2.75) is 57.4 Å². The predicted molar refractivity (Wildman–Crippen MR) is 58.2 cm³/mol. The third-order valence-corrected chi connectivity index (χ3v) is 3.97. The number of nitrogens with one attached hydrogen (secondary N) is 1. The second-order valence-electron chi connectivity index (χ2n) is 5.19. The van der Waals surface area contributed by atoms with Crippen LogP contribution in [0.2, 0.25) is 0 Å². The summed E-state index contributed by atoms with van der Waals surface area (Å²) in [6.45, 7) is 1.52. The van der Waals surface area contributed by atoms with Gasteiger partial charge in [0.15, 0.2) is 0 Å². The van der Waals surface area contributed by atoms with Gasteiger partial charge in [-0.1, -0.05) is 19.3 Å². The second-order valence-corrected chi connectivity index (χ2v) is 5.19. The molecule has 0 heterocycles. The van der Waals surface area contributed by atoms with E-state index in [0.29, 0.717) is 12.0 Å². The minimum atomic E-state index is 0.367. The van der Waals surface area contributed by atoms with Crippen LogP contribution in [0.25, 0.3) is 0 Å². The largest absolute Gasteiger partial charge is 0.396 e. The van der Waals surface area contributed by atoms with Crippen molar-refractivity contribution in [1.29, 1.82) is 0 Å². The fourth-order valence-electron chi connectivity index (χ4n) is 2.60. The number of hydrogen-bond donors (Lipinski definition) is 2. The molecule has 0 amide bonds. The van der Waals surface area contributed by atoms with Crippen molar-refractivity contribution in [3.05, 3.63) is 0 Å². The zero-order valence-corrected chi connectivity index (χ0v) is 9.10. The summed E-state index contributed by atoms with van der Waals surface area (Å²) in [5, 5.41) is 12.6. The minimum absolute atomic E-state index is 0.367. The van der Waals surface area contributed by atoms with Crippen LogP contribution in [0.4, 0.5) is 0 Å². The van der Waals surface area contributed by atoms with E-state index in [1.165, 1.54) is 44.9 Å². The lowest BCUT2D eigenvalue weighted by Crippen LogP contribution is -2.35. The molecule has 0 aromatic heterocycles. The molecule has 0 aromatic carbocycles. The molecule has 0 saturated heterocycles. The van der Waals surface area contributed by atoms with Crippen molar-refractivity contribution >= 4 is 0 Å². The number of aliphatic hydroxyl groups excluding tert-OH is 1. The average molecular weight is 197 g/mol. The molecule has 2 N–H and O–H groups in total. The lowest BCUT2D eigenvalue weighted by Gasteiger charge is -2.25. The summed E-state index contributed by atoms with van der Waals surface area (Å²) >= 11 is 0. The van der Waals surface area contributed by atoms with E-state index in [0.717, 1.165) is 19.0 Å². The first kappa shape index (κ1) is 10.4. The van der Waals surface area contributed by atoms with Gasteiger partial charge in [-0.25, -0.2) is 0 Å². The van der Waals surface area contributed by atoms with E-state index in [4.69, 9.17) is 5.11 Å². The molecule has 2 aliphatic rings. The minimum Gasteiger partial charge on any atom is -0.396 e. The van der Waals surface area contributed by atoms with Gasteiger partial charge in [0, 0.05) is 19.2 Å². The Morgan fingerprint density at radius 1 is 1.14 bits per heavy atom. The molecule has 0 atom stereocenters. The Morgan fingerprint density at radius 3 is 2.43 bits per heavy atom. The molecule has 0 aliphatic heterocycles. The maximum Gasteiger partial charge on any atom is 0.0436 e. The summed E-state index contributed by atoms with van der Waals surface area (Å²) in [6.07, 6.45) is 10.6. The summed E-state index contributed by atoms with van der Waals surface area (Å²) in [5.41, 5.74) is 0.492. The van der Waals surface area contributed by atoms with Gasteiger partial charge >= 0.3 is 0 Å². The van der Waals surface area contributed by atoms with Crippen LogP contribution in [0.1, 0.15) is 51.4 Å². The highest BCUT2D eigenvalue weighted by Crippen LogP contribution is 2.48. The van der Waals surface area contributed by atoms with Crippen molar-refractivity contribution in [2.75, 3.05) is 13.2 Å². The van der Waals surface area contributed by atoms with Gasteiger partial charge < -0.3 is 10.4 Å². The molecule has 2 saturated carbocycles. The van der Waals surface area contributed by atoms with Crippen LogP contribution < -0.4 is 5.32 Å². The Bertz CT molecular complexity index is 171. The fourth-order valence-corrected chi connectivity index (χ4v) is 2.60. The lowest BCUT2D eigenvalue weighted by molar-refractivity contribution is 0.237. The zero-order valence-electron chi connectivity index (χ0n) is 9.10. The first-order valence-corrected chi connectivity index (χ1v) is 6.19. The van der Waals surface area contributed by atoms with E-state index in [-0.39, 0.29) is 0 Å². The summed E-state index contributed by atoms with van der Waals surface area (Å²) in [6, 6.07) is 0.778. The van der Waals surface area contributed by atoms with Crippen molar-refractivity contribution in [3.63, 3.8) is 0 Å². The standard InChI is InChI=1S/C12H23NO/c14-9-8-12(6-7-12)10-13-11-4-2-1-3-5-11/h11,13-14H,1-10H2. The lowest BCUT2D eigenvalue weighted by atomic mass is 9.94. The Hall–Kier alpha value is -0.0800. The molecule has 2 fully saturated rings. The van der Waals surface area contributed by atoms with Gasteiger partial charge in [-0.3, -0.25) is 0 Å². The molecule has 2 aliphatic carbocycles. The smallest absolute Gasteiger partial charge is 0.0436 e. The van der Waals surface area contributed by atoms with E-state index in [9.17, 15) is 0 Å². The molecular weight excluding hydrogens is 174 g/mol. The second kappa shape index (κ2) is 4.63. The third kappa shape index (κ3) is 2.71. The molecule has 0 radical (unpaired) electrons. The molecular formula is C12H23NO. The van der Waals surface area contributed by atoms with Gasteiger partial charge in [-0.05, 0) is 37.5 Å². The molecule has 14 heavy (non-hydrogen) atoms. The quantitative estimate of drug-likeness (QED) is 0.707. The predicted octanol–water partition coefficient (Wildman–Crippen LogP) is 2.07. The van der Waals surface area contributed by atoms with Crippen LogP contribution in [-0.2, 0) is 0 Å². The molecule has 2 rings (SSSR count). The van der Waals surface area contributed by atoms with Crippen molar-refractivity contribution in [1.82, 2.24) is 5.32 Å². The van der Waals surface area contributed by atoms with Crippen molar-refractivity contribution in [3.8, 4) is 0 Å². The first-order valence-electron chi connectivity index (χ1n) is 6.19. The van der Waals surface area contributed by atoms with E-state index in [1.807, 2.05) is 0 Å². The van der Waals surface area contributed by atoms with Crippen molar-refractivity contribution in [2.24, 2.45) is 5.41 Å². The molecule has 82 valence electrons. The van der Waals surface area contributed by atoms with Gasteiger partial charge in [0.05, 0.1) is 0 Å². The number of hydrogen-bond acceptors (Lipinski definition) is 2. The van der Waals surface area contributed by atoms with Crippen molar-refractivity contribution < 1.29 is 5.11 Å². The molecule has 0 bridgehead atoms. The molecule has 2 nitrogen and oxygen atoms in total. The zero-order chi connectivity index (χ0) is 9.86. The third-order valence-electron chi connectivity index (χ3n) is 3.97. The van der Waals surface area contributed by atoms with E-state index < -0.39 is 0 Å². The fraction of sp³-hybridized carbons (Fsp3) is 1.00. The maximum absolute atomic E-state index is 8.95. The topological polar surface area (TPSA) is 32.3 Å². The SMILES string of the molecule is OCCC1(CNC2CCCCC2)CC1. The van der Waals surface area contributed by atoms with Crippen LogP contribution >= 0.6 is 0 Å². The van der Waals surface area contributed by atoms with Gasteiger partial charge in [0.1, 0.15) is 0 Å². The van der Waals surface area contributed by atoms with Crippen LogP contribution in [0.5, 0.6) is 0 Å². The summed E-state index contributed by atoms with van der Waals surface area (Å²) in [5.74, 6) is 0. The first-order chi connectivity index (χ1) is 6.85. The summed E-state index contributed by atoms with van der Waals surface area (Å²) < 4.78 is 0. The van der Waals surface area contributed by atoms with Crippen LogP contribution in [0.3, 0.4) is 0 Å². The number of rotatable bonds is 5. The Morgan fingerprint density at radius 2 is 1.86 bits per heavy atom. The van der Waals surface area contributed by atoms with E-state index in [1.54, 1.807) is 0 Å². The highest BCUT2D eigenvalue weighted by Gasteiger charge is 2.41. The van der Waals surface area contributed by atoms with E-state index >= 15 is 0 Å². The Kier molecular flexibility index (Phi) is 3.45. The van der Waals surface area contributed by atoms with E-state index in [2.05, 4.69) is 5.32 Å². The monoisotopic (exact) mass is 197 g/mol.